The number of carbonyl (C=O) groups is 1. The highest BCUT2D eigenvalue weighted by atomic mass is 35.5. The summed E-state index contributed by atoms with van der Waals surface area (Å²) in [5, 5.41) is 8.97. The number of hydrogen-bond donors (Lipinski definition) is 1. The Morgan fingerprint density at radius 1 is 1.61 bits per heavy atom. The lowest BCUT2D eigenvalue weighted by atomic mass is 10.2. The number of carboxylic acid groups (broad SMARTS) is 1. The summed E-state index contributed by atoms with van der Waals surface area (Å²) in [5.41, 5.74) is 0.587. The summed E-state index contributed by atoms with van der Waals surface area (Å²) in [4.78, 5) is 19.9. The first-order chi connectivity index (χ1) is 8.69. The number of alkyl halides is 1. The normalized spacial score (nSPS) is 19.1. The molecule has 6 nitrogen and oxygen atoms in total. The van der Waals surface area contributed by atoms with Gasteiger partial charge in [0.15, 0.2) is 10.5 Å². The first kappa shape index (κ1) is 11.9. The second-order valence-electron chi connectivity index (χ2n) is 4.01. The predicted molar refractivity (Wildman–Crippen MR) is 66.3 cm³/mol. The second-order valence-corrected chi connectivity index (χ2v) is 5.25. The average molecular weight is 288 g/mol. The molecule has 0 spiro atoms. The van der Waals surface area contributed by atoms with Crippen LogP contribution in [0.5, 0.6) is 0 Å². The highest BCUT2D eigenvalue weighted by Crippen LogP contribution is 2.25. The zero-order valence-electron chi connectivity index (χ0n) is 9.30. The molecule has 3 heterocycles. The van der Waals surface area contributed by atoms with E-state index < -0.39 is 5.97 Å². The van der Waals surface area contributed by atoms with E-state index in [4.69, 9.17) is 21.4 Å². The summed E-state index contributed by atoms with van der Waals surface area (Å²) in [6, 6.07) is 0. The molecular formula is C10H10ClN3O3S. The number of imidazole rings is 1. The summed E-state index contributed by atoms with van der Waals surface area (Å²) in [7, 11) is 0. The van der Waals surface area contributed by atoms with Crippen LogP contribution in [0.4, 0.5) is 0 Å². The van der Waals surface area contributed by atoms with Crippen molar-refractivity contribution in [1.29, 1.82) is 0 Å². The van der Waals surface area contributed by atoms with Crippen molar-refractivity contribution in [2.45, 2.75) is 24.9 Å². The molecule has 0 saturated carbocycles. The highest BCUT2D eigenvalue weighted by Gasteiger charge is 2.24. The third kappa shape index (κ3) is 1.88. The molecule has 1 saturated heterocycles. The van der Waals surface area contributed by atoms with Gasteiger partial charge >= 0.3 is 5.97 Å². The van der Waals surface area contributed by atoms with E-state index in [2.05, 4.69) is 9.97 Å². The van der Waals surface area contributed by atoms with Gasteiger partial charge in [0.05, 0.1) is 18.5 Å². The molecule has 1 unspecified atom stereocenters. The number of aromatic carboxylic acids is 1. The van der Waals surface area contributed by atoms with Crippen LogP contribution < -0.4 is 0 Å². The summed E-state index contributed by atoms with van der Waals surface area (Å²) in [6.07, 6.45) is 1.15. The number of thiazole rings is 1. The lowest BCUT2D eigenvalue weighted by Gasteiger charge is -2.27. The fourth-order valence-electron chi connectivity index (χ4n) is 1.87. The van der Waals surface area contributed by atoms with Gasteiger partial charge in [-0.05, 0) is 6.42 Å². The van der Waals surface area contributed by atoms with Crippen LogP contribution in [0, 0.1) is 0 Å². The summed E-state index contributed by atoms with van der Waals surface area (Å²) in [5.74, 6) is -0.0483. The van der Waals surface area contributed by atoms with Gasteiger partial charge in [0, 0.05) is 6.61 Å². The van der Waals surface area contributed by atoms with Gasteiger partial charge < -0.3 is 14.4 Å². The molecular weight excluding hydrogens is 278 g/mol. The molecule has 1 fully saturated rings. The number of nitrogens with zero attached hydrogens (tertiary/aromatic N) is 3. The quantitative estimate of drug-likeness (QED) is 0.866. The van der Waals surface area contributed by atoms with E-state index in [0.717, 1.165) is 24.4 Å². The van der Waals surface area contributed by atoms with Crippen LogP contribution in [0.2, 0.25) is 0 Å². The third-order valence-electron chi connectivity index (χ3n) is 2.87. The molecule has 1 aliphatic rings. The molecule has 0 bridgehead atoms. The predicted octanol–water partition coefficient (Wildman–Crippen LogP) is 1.72. The zero-order chi connectivity index (χ0) is 12.7. The van der Waals surface area contributed by atoms with Crippen molar-refractivity contribution in [3.63, 3.8) is 0 Å². The number of fused-ring (bicyclic) bond motifs is 1. The van der Waals surface area contributed by atoms with Gasteiger partial charge in [-0.2, -0.15) is 0 Å². The van der Waals surface area contributed by atoms with Gasteiger partial charge in [0.1, 0.15) is 5.82 Å². The van der Waals surface area contributed by atoms with Crippen LogP contribution in [-0.4, -0.2) is 38.3 Å². The van der Waals surface area contributed by atoms with E-state index in [0.29, 0.717) is 22.8 Å². The molecule has 8 heteroatoms. The molecule has 2 aromatic heterocycles. The summed E-state index contributed by atoms with van der Waals surface area (Å²) < 4.78 is 7.23. The second kappa shape index (κ2) is 4.49. The number of halogens is 1. The van der Waals surface area contributed by atoms with Crippen molar-refractivity contribution in [2.24, 2.45) is 0 Å². The Morgan fingerprint density at radius 2 is 2.39 bits per heavy atom. The van der Waals surface area contributed by atoms with Crippen molar-refractivity contribution in [3.05, 3.63) is 10.8 Å². The molecule has 0 radical (unpaired) electrons. The lowest BCUT2D eigenvalue weighted by molar-refractivity contribution is -0.0590. The Morgan fingerprint density at radius 3 is 2.94 bits per heavy atom. The molecule has 1 atom stereocenters. The maximum absolute atomic E-state index is 10.9. The van der Waals surface area contributed by atoms with Crippen molar-refractivity contribution < 1.29 is 14.6 Å². The van der Waals surface area contributed by atoms with E-state index >= 15 is 0 Å². The molecule has 3 rings (SSSR count). The molecule has 18 heavy (non-hydrogen) atoms. The third-order valence-corrected chi connectivity index (χ3v) is 4.04. The molecule has 0 aromatic carbocycles. The Balaban J connectivity index is 2.03. The van der Waals surface area contributed by atoms with Crippen LogP contribution in [-0.2, 0) is 17.2 Å². The molecule has 1 aliphatic heterocycles. The fraction of sp³-hybridized carbons (Fsp3) is 0.500. The maximum Gasteiger partial charge on any atom is 0.365 e. The van der Waals surface area contributed by atoms with Gasteiger partial charge in [-0.1, -0.05) is 11.3 Å². The fourth-order valence-corrected chi connectivity index (χ4v) is 2.87. The van der Waals surface area contributed by atoms with Crippen LogP contribution in [0.25, 0.3) is 10.5 Å². The Kier molecular flexibility index (Phi) is 2.96. The van der Waals surface area contributed by atoms with E-state index in [1.54, 1.807) is 0 Å². The number of rotatable bonds is 4. The van der Waals surface area contributed by atoms with Crippen molar-refractivity contribution in [2.75, 3.05) is 6.61 Å². The van der Waals surface area contributed by atoms with E-state index in [1.165, 1.54) is 0 Å². The van der Waals surface area contributed by atoms with Gasteiger partial charge in [-0.25, -0.2) is 14.8 Å². The Labute approximate surface area is 111 Å². The monoisotopic (exact) mass is 287 g/mol. The van der Waals surface area contributed by atoms with E-state index in [1.807, 2.05) is 4.57 Å². The van der Waals surface area contributed by atoms with Gasteiger partial charge in [-0.3, -0.25) is 0 Å². The van der Waals surface area contributed by atoms with Crippen molar-refractivity contribution >= 4 is 39.4 Å². The van der Waals surface area contributed by atoms with E-state index in [9.17, 15) is 4.79 Å². The van der Waals surface area contributed by atoms with Gasteiger partial charge in [0.2, 0.25) is 5.01 Å². The topological polar surface area (TPSA) is 77.2 Å². The molecule has 0 amide bonds. The first-order valence-electron chi connectivity index (χ1n) is 5.46. The highest BCUT2D eigenvalue weighted by molar-refractivity contribution is 7.19. The number of ether oxygens (including phenoxy) is 1. The van der Waals surface area contributed by atoms with Crippen LogP contribution in [0.1, 0.15) is 22.0 Å². The molecule has 0 aliphatic carbocycles. The largest absolute Gasteiger partial charge is 0.476 e. The van der Waals surface area contributed by atoms with Crippen molar-refractivity contribution in [1.82, 2.24) is 14.5 Å². The van der Waals surface area contributed by atoms with Crippen molar-refractivity contribution in [3.8, 4) is 0 Å². The Hall–Kier alpha value is -1.18. The van der Waals surface area contributed by atoms with Crippen LogP contribution in [0.3, 0.4) is 0 Å². The number of aromatic nitrogens is 3. The lowest BCUT2D eigenvalue weighted by Crippen LogP contribution is -2.31. The molecule has 1 N–H and O–H groups in total. The maximum atomic E-state index is 10.9. The van der Waals surface area contributed by atoms with Gasteiger partial charge in [-0.15, -0.1) is 11.6 Å². The van der Waals surface area contributed by atoms with Crippen LogP contribution in [0.15, 0.2) is 0 Å². The summed E-state index contributed by atoms with van der Waals surface area (Å²) in [6.45, 7) is 1.40. The minimum absolute atomic E-state index is 0.0527. The summed E-state index contributed by atoms with van der Waals surface area (Å²) >= 11 is 6.91. The SMILES string of the molecule is O=C(O)c1nc2c(nc(CCl)n2CC2CCO2)s1. The molecule has 2 aromatic rings. The smallest absolute Gasteiger partial charge is 0.365 e. The average Bonchev–Trinajstić information content (AvgIpc) is 2.80. The Bertz CT molecular complexity index is 605. The number of carboxylic acids is 1. The number of hydrogen-bond acceptors (Lipinski definition) is 5. The van der Waals surface area contributed by atoms with Crippen LogP contribution >= 0.6 is 22.9 Å². The molecule has 96 valence electrons. The van der Waals surface area contributed by atoms with E-state index in [-0.39, 0.29) is 17.0 Å². The minimum Gasteiger partial charge on any atom is -0.476 e. The minimum atomic E-state index is -1.03. The zero-order valence-corrected chi connectivity index (χ0v) is 10.9. The standard InChI is InChI=1S/C10H10ClN3O3S/c11-3-6-12-8-7(13-9(18-8)10(15)16)14(6)4-5-1-2-17-5/h5H,1-4H2,(H,15,16). The van der Waals surface area contributed by atoms with Gasteiger partial charge in [0.25, 0.3) is 0 Å². The first-order valence-corrected chi connectivity index (χ1v) is 6.81.